The first-order valence-electron chi connectivity index (χ1n) is 9.12. The molecule has 0 heterocycles. The number of carbonyl (C=O) groups excluding carboxylic acids is 1. The number of halogens is 1. The van der Waals surface area contributed by atoms with Gasteiger partial charge in [0, 0.05) is 10.6 Å². The van der Waals surface area contributed by atoms with Crippen LogP contribution in [0.1, 0.15) is 21.5 Å². The van der Waals surface area contributed by atoms with Gasteiger partial charge >= 0.3 is 0 Å². The standard InChI is InChI=1S/C23H21ClN2O4/c1-28-21-11-8-18(13-22(21)29-2)23(27)26-25-14-16-6-9-20(10-7-16)30-15-17-4-3-5-19(24)12-17/h3-14H,15H2,1-2H3,(H,26,27)/b25-14-. The van der Waals surface area contributed by atoms with Crippen molar-refractivity contribution in [3.63, 3.8) is 0 Å². The van der Waals surface area contributed by atoms with E-state index in [2.05, 4.69) is 10.5 Å². The van der Waals surface area contributed by atoms with E-state index in [9.17, 15) is 4.79 Å². The first-order chi connectivity index (χ1) is 14.6. The number of methoxy groups -OCH3 is 2. The van der Waals surface area contributed by atoms with Crippen LogP contribution in [-0.4, -0.2) is 26.3 Å². The Labute approximate surface area is 180 Å². The maximum Gasteiger partial charge on any atom is 0.271 e. The molecular weight excluding hydrogens is 404 g/mol. The molecule has 0 fully saturated rings. The zero-order valence-electron chi connectivity index (χ0n) is 16.6. The number of ether oxygens (including phenoxy) is 3. The predicted octanol–water partition coefficient (Wildman–Crippen LogP) is 4.70. The largest absolute Gasteiger partial charge is 0.493 e. The number of carbonyl (C=O) groups is 1. The maximum atomic E-state index is 12.2. The quantitative estimate of drug-likeness (QED) is 0.420. The fourth-order valence-corrected chi connectivity index (χ4v) is 2.86. The van der Waals surface area contributed by atoms with Gasteiger partial charge in [0.2, 0.25) is 0 Å². The van der Waals surface area contributed by atoms with Crippen LogP contribution >= 0.6 is 11.6 Å². The highest BCUT2D eigenvalue weighted by Crippen LogP contribution is 2.27. The van der Waals surface area contributed by atoms with Crippen LogP contribution in [0.3, 0.4) is 0 Å². The second kappa shape index (κ2) is 10.3. The summed E-state index contributed by atoms with van der Waals surface area (Å²) in [5, 5.41) is 4.68. The van der Waals surface area contributed by atoms with Gasteiger partial charge in [-0.2, -0.15) is 5.10 Å². The van der Waals surface area contributed by atoms with Crippen molar-refractivity contribution >= 4 is 23.7 Å². The highest BCUT2D eigenvalue weighted by atomic mass is 35.5. The number of nitrogens with one attached hydrogen (secondary N) is 1. The summed E-state index contributed by atoms with van der Waals surface area (Å²) < 4.78 is 16.1. The third kappa shape index (κ3) is 5.75. The van der Waals surface area contributed by atoms with Crippen LogP contribution in [0, 0.1) is 0 Å². The van der Waals surface area contributed by atoms with Gasteiger partial charge in [-0.3, -0.25) is 4.79 Å². The SMILES string of the molecule is COc1ccc(C(=O)N/N=C\c2ccc(OCc3cccc(Cl)c3)cc2)cc1OC. The molecule has 0 unspecified atom stereocenters. The summed E-state index contributed by atoms with van der Waals surface area (Å²) in [6.45, 7) is 0.426. The van der Waals surface area contributed by atoms with Crippen molar-refractivity contribution in [3.8, 4) is 17.2 Å². The summed E-state index contributed by atoms with van der Waals surface area (Å²) in [6.07, 6.45) is 1.55. The van der Waals surface area contributed by atoms with Gasteiger partial charge in [0.05, 0.1) is 20.4 Å². The fraction of sp³-hybridized carbons (Fsp3) is 0.130. The molecule has 0 aliphatic heterocycles. The van der Waals surface area contributed by atoms with Crippen LogP contribution in [0.15, 0.2) is 71.8 Å². The highest BCUT2D eigenvalue weighted by Gasteiger charge is 2.10. The molecule has 0 atom stereocenters. The molecule has 0 spiro atoms. The van der Waals surface area contributed by atoms with Crippen LogP contribution in [-0.2, 0) is 6.61 Å². The number of hydrogen-bond acceptors (Lipinski definition) is 5. The topological polar surface area (TPSA) is 69.2 Å². The Morgan fingerprint density at radius 1 is 1.00 bits per heavy atom. The number of nitrogens with zero attached hydrogens (tertiary/aromatic N) is 1. The van der Waals surface area contributed by atoms with Crippen LogP contribution in [0.5, 0.6) is 17.2 Å². The van der Waals surface area contributed by atoms with Gasteiger partial charge in [0.15, 0.2) is 11.5 Å². The molecule has 3 aromatic carbocycles. The summed E-state index contributed by atoms with van der Waals surface area (Å²) in [5.41, 5.74) is 4.71. The van der Waals surface area contributed by atoms with E-state index in [1.807, 2.05) is 48.5 Å². The number of rotatable bonds is 8. The van der Waals surface area contributed by atoms with Crippen LogP contribution in [0.4, 0.5) is 0 Å². The van der Waals surface area contributed by atoms with Crippen LogP contribution in [0.25, 0.3) is 0 Å². The molecule has 0 bridgehead atoms. The van der Waals surface area contributed by atoms with E-state index in [1.54, 1.807) is 24.4 Å². The van der Waals surface area contributed by atoms with E-state index < -0.39 is 0 Å². The molecular formula is C23H21ClN2O4. The van der Waals surface area contributed by atoms with Crippen molar-refractivity contribution in [1.82, 2.24) is 5.43 Å². The number of hydrogen-bond donors (Lipinski definition) is 1. The number of amides is 1. The third-order valence-corrected chi connectivity index (χ3v) is 4.44. The molecule has 3 aromatic rings. The molecule has 0 saturated carbocycles. The Kier molecular flexibility index (Phi) is 7.29. The zero-order valence-corrected chi connectivity index (χ0v) is 17.3. The summed E-state index contributed by atoms with van der Waals surface area (Å²) in [7, 11) is 3.05. The van der Waals surface area contributed by atoms with Gasteiger partial charge in [0.1, 0.15) is 12.4 Å². The smallest absolute Gasteiger partial charge is 0.271 e. The van der Waals surface area contributed by atoms with Gasteiger partial charge in [-0.05, 0) is 65.7 Å². The molecule has 154 valence electrons. The van der Waals surface area contributed by atoms with Crippen molar-refractivity contribution in [1.29, 1.82) is 0 Å². The van der Waals surface area contributed by atoms with Crippen LogP contribution < -0.4 is 19.6 Å². The van der Waals surface area contributed by atoms with Gasteiger partial charge in [-0.25, -0.2) is 5.43 Å². The van der Waals surface area contributed by atoms with Crippen molar-refractivity contribution in [2.75, 3.05) is 14.2 Å². The van der Waals surface area contributed by atoms with Crippen molar-refractivity contribution in [2.24, 2.45) is 5.10 Å². The van der Waals surface area contributed by atoms with E-state index in [4.69, 9.17) is 25.8 Å². The Hall–Kier alpha value is -3.51. The summed E-state index contributed by atoms with van der Waals surface area (Å²) in [4.78, 5) is 12.2. The molecule has 0 saturated heterocycles. The van der Waals surface area contributed by atoms with E-state index >= 15 is 0 Å². The lowest BCUT2D eigenvalue weighted by Crippen LogP contribution is -2.17. The number of hydrazone groups is 1. The molecule has 30 heavy (non-hydrogen) atoms. The molecule has 1 N–H and O–H groups in total. The van der Waals surface area contributed by atoms with Crippen molar-refractivity contribution < 1.29 is 19.0 Å². The Morgan fingerprint density at radius 3 is 2.47 bits per heavy atom. The van der Waals surface area contributed by atoms with E-state index in [0.717, 1.165) is 16.9 Å². The lowest BCUT2D eigenvalue weighted by molar-refractivity contribution is 0.0954. The minimum absolute atomic E-state index is 0.353. The second-order valence-corrected chi connectivity index (χ2v) is 6.69. The molecule has 0 radical (unpaired) electrons. The van der Waals surface area contributed by atoms with Gasteiger partial charge in [-0.15, -0.1) is 0 Å². The second-order valence-electron chi connectivity index (χ2n) is 6.26. The minimum Gasteiger partial charge on any atom is -0.493 e. The average molecular weight is 425 g/mol. The molecule has 1 amide bonds. The minimum atomic E-state index is -0.353. The molecule has 3 rings (SSSR count). The van der Waals surface area contributed by atoms with E-state index in [1.165, 1.54) is 14.2 Å². The normalized spacial score (nSPS) is 10.6. The third-order valence-electron chi connectivity index (χ3n) is 4.20. The van der Waals surface area contributed by atoms with Gasteiger partial charge in [-0.1, -0.05) is 23.7 Å². The van der Waals surface area contributed by atoms with Crippen molar-refractivity contribution in [3.05, 3.63) is 88.4 Å². The van der Waals surface area contributed by atoms with Gasteiger partial charge in [0.25, 0.3) is 5.91 Å². The summed E-state index contributed by atoms with van der Waals surface area (Å²) >= 11 is 5.97. The number of benzene rings is 3. The first-order valence-corrected chi connectivity index (χ1v) is 9.49. The zero-order chi connectivity index (χ0) is 21.3. The highest BCUT2D eigenvalue weighted by molar-refractivity contribution is 6.30. The molecule has 6 nitrogen and oxygen atoms in total. The maximum absolute atomic E-state index is 12.2. The molecule has 7 heteroatoms. The monoisotopic (exact) mass is 424 g/mol. The molecule has 0 aliphatic rings. The first kappa shape index (κ1) is 21.2. The Morgan fingerprint density at radius 2 is 1.77 bits per heavy atom. The van der Waals surface area contributed by atoms with Gasteiger partial charge < -0.3 is 14.2 Å². The summed E-state index contributed by atoms with van der Waals surface area (Å²) in [5.74, 6) is 1.40. The van der Waals surface area contributed by atoms with E-state index in [0.29, 0.717) is 28.7 Å². The van der Waals surface area contributed by atoms with E-state index in [-0.39, 0.29) is 5.91 Å². The summed E-state index contributed by atoms with van der Waals surface area (Å²) in [6, 6.07) is 19.8. The Bertz CT molecular complexity index is 1040. The Balaban J connectivity index is 1.54. The molecule has 0 aliphatic carbocycles. The van der Waals surface area contributed by atoms with Crippen LogP contribution in [0.2, 0.25) is 5.02 Å². The lowest BCUT2D eigenvalue weighted by Gasteiger charge is -2.08. The van der Waals surface area contributed by atoms with Crippen molar-refractivity contribution in [2.45, 2.75) is 6.61 Å². The fourth-order valence-electron chi connectivity index (χ4n) is 2.65. The lowest BCUT2D eigenvalue weighted by atomic mass is 10.2. The predicted molar refractivity (Wildman–Crippen MR) is 117 cm³/mol. The average Bonchev–Trinajstić information content (AvgIpc) is 2.78. The molecule has 0 aromatic heterocycles.